The summed E-state index contributed by atoms with van der Waals surface area (Å²) in [5.41, 5.74) is -0.438. The highest BCUT2D eigenvalue weighted by atomic mass is 35.5. The first kappa shape index (κ1) is 27.2. The Labute approximate surface area is 215 Å². The largest absolute Gasteiger partial charge is 0.484 e. The summed E-state index contributed by atoms with van der Waals surface area (Å²) in [5, 5.41) is 6.22. The molecule has 6 nitrogen and oxygen atoms in total. The Morgan fingerprint density at radius 2 is 1.64 bits per heavy atom. The number of amides is 3. The highest BCUT2D eigenvalue weighted by Crippen LogP contribution is 2.32. The lowest BCUT2D eigenvalue weighted by molar-refractivity contribution is -0.137. The highest BCUT2D eigenvalue weighted by molar-refractivity contribution is 6.31. The maximum Gasteiger partial charge on any atom is 0.416 e. The Hall–Kier alpha value is -3.43. The summed E-state index contributed by atoms with van der Waals surface area (Å²) in [6.45, 7) is -0.0248. The number of nitrogens with one attached hydrogen (secondary N) is 2. The van der Waals surface area contributed by atoms with Crippen molar-refractivity contribution in [3.8, 4) is 5.75 Å². The number of urea groups is 1. The fourth-order valence-corrected chi connectivity index (χ4v) is 3.47. The highest BCUT2D eigenvalue weighted by Gasteiger charge is 2.31. The number of rotatable bonds is 9. The molecule has 0 bridgehead atoms. The van der Waals surface area contributed by atoms with Gasteiger partial charge in [0, 0.05) is 34.5 Å². The molecule has 3 amide bonds. The van der Waals surface area contributed by atoms with Crippen molar-refractivity contribution >= 4 is 46.5 Å². The average Bonchev–Trinajstić information content (AvgIpc) is 2.83. The molecule has 0 aliphatic rings. The van der Waals surface area contributed by atoms with Crippen LogP contribution in [0.4, 0.5) is 29.3 Å². The van der Waals surface area contributed by atoms with Crippen molar-refractivity contribution in [3.05, 3.63) is 88.4 Å². The summed E-state index contributed by atoms with van der Waals surface area (Å²) in [5.74, 6) is 0.0851. The number of ether oxygens (including phenoxy) is 1. The van der Waals surface area contributed by atoms with Gasteiger partial charge in [-0.25, -0.2) is 4.79 Å². The molecule has 190 valence electrons. The Kier molecular flexibility index (Phi) is 9.44. The molecule has 0 spiro atoms. The summed E-state index contributed by atoms with van der Waals surface area (Å²) in [6, 6.07) is 16.7. The molecule has 0 fully saturated rings. The van der Waals surface area contributed by atoms with Crippen molar-refractivity contribution < 1.29 is 27.5 Å². The summed E-state index contributed by atoms with van der Waals surface area (Å²) >= 11 is 11.8. The molecule has 36 heavy (non-hydrogen) atoms. The number of hydrogen-bond donors (Lipinski definition) is 2. The second kappa shape index (κ2) is 12.5. The quantitative estimate of drug-likeness (QED) is 0.299. The van der Waals surface area contributed by atoms with Crippen LogP contribution in [0.1, 0.15) is 12.0 Å². The van der Waals surface area contributed by atoms with E-state index in [2.05, 4.69) is 10.6 Å². The molecule has 0 aromatic heterocycles. The molecule has 2 N–H and O–H groups in total. The zero-order valence-corrected chi connectivity index (χ0v) is 20.3. The van der Waals surface area contributed by atoms with E-state index in [-0.39, 0.29) is 37.7 Å². The van der Waals surface area contributed by atoms with Crippen LogP contribution in [0.5, 0.6) is 5.75 Å². The molecular weight excluding hydrogens is 518 g/mol. The molecule has 0 aliphatic carbocycles. The molecule has 0 radical (unpaired) electrons. The number of anilines is 2. The van der Waals surface area contributed by atoms with E-state index in [1.165, 1.54) is 23.1 Å². The lowest BCUT2D eigenvalue weighted by Crippen LogP contribution is -2.38. The summed E-state index contributed by atoms with van der Waals surface area (Å²) in [7, 11) is 0. The predicted octanol–water partition coefficient (Wildman–Crippen LogP) is 6.64. The number of hydrogen-bond acceptors (Lipinski definition) is 3. The third-order valence-electron chi connectivity index (χ3n) is 4.87. The third-order valence-corrected chi connectivity index (χ3v) is 5.36. The molecule has 3 aromatic carbocycles. The van der Waals surface area contributed by atoms with Gasteiger partial charge in [0.05, 0.1) is 5.56 Å². The molecule has 0 saturated carbocycles. The van der Waals surface area contributed by atoms with Gasteiger partial charge in [0.25, 0.3) is 5.91 Å². The second-order valence-corrected chi connectivity index (χ2v) is 8.46. The lowest BCUT2D eigenvalue weighted by Gasteiger charge is -2.24. The van der Waals surface area contributed by atoms with Crippen LogP contribution in [-0.2, 0) is 11.0 Å². The Bertz CT molecular complexity index is 1190. The number of halogens is 5. The topological polar surface area (TPSA) is 70.7 Å². The van der Waals surface area contributed by atoms with Gasteiger partial charge in [0.2, 0.25) is 0 Å². The van der Waals surface area contributed by atoms with Gasteiger partial charge >= 0.3 is 12.2 Å². The first-order chi connectivity index (χ1) is 17.1. The Balaban J connectivity index is 1.61. The summed E-state index contributed by atoms with van der Waals surface area (Å²) in [4.78, 5) is 26.2. The van der Waals surface area contributed by atoms with Crippen molar-refractivity contribution in [2.45, 2.75) is 12.6 Å². The van der Waals surface area contributed by atoms with Gasteiger partial charge in [-0.05, 0) is 67.1 Å². The van der Waals surface area contributed by atoms with Gasteiger partial charge in [0.15, 0.2) is 6.61 Å². The molecule has 0 aliphatic heterocycles. The van der Waals surface area contributed by atoms with E-state index >= 15 is 0 Å². The second-order valence-electron chi connectivity index (χ2n) is 7.59. The van der Waals surface area contributed by atoms with E-state index in [0.29, 0.717) is 21.5 Å². The molecule has 3 aromatic rings. The first-order valence-corrected chi connectivity index (χ1v) is 11.5. The fraction of sp³-hybridized carbons (Fsp3) is 0.200. The van der Waals surface area contributed by atoms with Crippen LogP contribution >= 0.6 is 23.2 Å². The van der Waals surface area contributed by atoms with Gasteiger partial charge in [-0.15, -0.1) is 0 Å². The Morgan fingerprint density at radius 1 is 0.917 bits per heavy atom. The van der Waals surface area contributed by atoms with E-state index in [1.54, 1.807) is 42.5 Å². The van der Waals surface area contributed by atoms with Crippen LogP contribution < -0.4 is 20.3 Å². The minimum absolute atomic E-state index is 0.0338. The van der Waals surface area contributed by atoms with E-state index in [1.807, 2.05) is 0 Å². The van der Waals surface area contributed by atoms with Crippen LogP contribution in [0, 0.1) is 0 Å². The molecule has 3 rings (SSSR count). The van der Waals surface area contributed by atoms with Crippen molar-refractivity contribution in [1.29, 1.82) is 0 Å². The maximum atomic E-state index is 13.2. The molecule has 0 saturated heterocycles. The van der Waals surface area contributed by atoms with E-state index in [9.17, 15) is 22.8 Å². The summed E-state index contributed by atoms with van der Waals surface area (Å²) in [6.07, 6.45) is -4.30. The van der Waals surface area contributed by atoms with Crippen molar-refractivity contribution in [3.63, 3.8) is 0 Å². The SMILES string of the molecule is O=C(COc1ccc(Cl)cc1)NCCCN(C(=O)Nc1cccc(Cl)c1)c1cccc(C(F)(F)F)c1. The standard InChI is InChI=1S/C25H22Cl2F3N3O3/c26-18-8-10-22(11-9-18)36-16-23(34)31-12-3-13-33(21-7-1-4-17(14-21)25(28,29)30)24(35)32-20-6-2-5-19(27)15-20/h1-2,4-11,14-15H,3,12-13,16H2,(H,31,34)(H,32,35). The van der Waals surface area contributed by atoms with Crippen LogP contribution in [-0.4, -0.2) is 31.6 Å². The maximum absolute atomic E-state index is 13.2. The smallest absolute Gasteiger partial charge is 0.416 e. The van der Waals surface area contributed by atoms with Gasteiger partial charge in [-0.2, -0.15) is 13.2 Å². The van der Waals surface area contributed by atoms with Gasteiger partial charge in [0.1, 0.15) is 5.75 Å². The minimum atomic E-state index is -4.57. The number of alkyl halides is 3. The van der Waals surface area contributed by atoms with Gasteiger partial charge < -0.3 is 15.4 Å². The van der Waals surface area contributed by atoms with Crippen molar-refractivity contribution in [2.75, 3.05) is 29.9 Å². The third kappa shape index (κ3) is 8.35. The van der Waals surface area contributed by atoms with Crippen LogP contribution in [0.2, 0.25) is 10.0 Å². The molecule has 0 unspecified atom stereocenters. The van der Waals surface area contributed by atoms with Crippen LogP contribution in [0.3, 0.4) is 0 Å². The van der Waals surface area contributed by atoms with Crippen molar-refractivity contribution in [2.24, 2.45) is 0 Å². The van der Waals surface area contributed by atoms with Gasteiger partial charge in [-0.1, -0.05) is 35.3 Å². The van der Waals surface area contributed by atoms with Gasteiger partial charge in [-0.3, -0.25) is 9.69 Å². The zero-order valence-electron chi connectivity index (χ0n) is 18.8. The van der Waals surface area contributed by atoms with E-state index < -0.39 is 17.8 Å². The average molecular weight is 540 g/mol. The fourth-order valence-electron chi connectivity index (χ4n) is 3.15. The normalized spacial score (nSPS) is 11.0. The number of carbonyl (C=O) groups is 2. The van der Waals surface area contributed by atoms with Crippen LogP contribution in [0.15, 0.2) is 72.8 Å². The number of nitrogens with zero attached hydrogens (tertiary/aromatic N) is 1. The number of benzene rings is 3. The van der Waals surface area contributed by atoms with Crippen molar-refractivity contribution in [1.82, 2.24) is 5.32 Å². The monoisotopic (exact) mass is 539 g/mol. The zero-order chi connectivity index (χ0) is 26.1. The molecule has 0 heterocycles. The summed E-state index contributed by atoms with van der Waals surface area (Å²) < 4.78 is 45.1. The number of carbonyl (C=O) groups excluding carboxylic acids is 2. The lowest BCUT2D eigenvalue weighted by atomic mass is 10.1. The molecular formula is C25H22Cl2F3N3O3. The molecule has 0 atom stereocenters. The van der Waals surface area contributed by atoms with E-state index in [4.69, 9.17) is 27.9 Å². The van der Waals surface area contributed by atoms with E-state index in [0.717, 1.165) is 12.1 Å². The first-order valence-electron chi connectivity index (χ1n) is 10.8. The Morgan fingerprint density at radius 3 is 2.33 bits per heavy atom. The predicted molar refractivity (Wildman–Crippen MR) is 134 cm³/mol. The molecule has 11 heteroatoms. The van der Waals surface area contributed by atoms with Crippen LogP contribution in [0.25, 0.3) is 0 Å². The minimum Gasteiger partial charge on any atom is -0.484 e.